The Labute approximate surface area is 206 Å². The van der Waals surface area contributed by atoms with Crippen LogP contribution in [0.5, 0.6) is 0 Å². The zero-order valence-corrected chi connectivity index (χ0v) is 22.1. The van der Waals surface area contributed by atoms with Gasteiger partial charge >= 0.3 is 5.97 Å². The van der Waals surface area contributed by atoms with Crippen LogP contribution in [0.4, 0.5) is 5.82 Å². The Balaban J connectivity index is 1.59. The van der Waals surface area contributed by atoms with Gasteiger partial charge in [-0.05, 0) is 69.5 Å². The monoisotopic (exact) mass is 538 g/mol. The third-order valence-corrected chi connectivity index (χ3v) is 8.74. The lowest BCUT2D eigenvalue weighted by molar-refractivity contribution is 0.0519. The van der Waals surface area contributed by atoms with Crippen LogP contribution in [0.3, 0.4) is 0 Å². The Morgan fingerprint density at radius 1 is 1.36 bits per heavy atom. The van der Waals surface area contributed by atoms with E-state index < -0.39 is 17.3 Å². The van der Waals surface area contributed by atoms with Crippen molar-refractivity contribution in [2.24, 2.45) is 5.41 Å². The summed E-state index contributed by atoms with van der Waals surface area (Å²) in [6, 6.07) is 1.96. The van der Waals surface area contributed by atoms with E-state index in [4.69, 9.17) is 4.74 Å². The van der Waals surface area contributed by atoms with Crippen molar-refractivity contribution >= 4 is 39.1 Å². The van der Waals surface area contributed by atoms with Gasteiger partial charge in [0.1, 0.15) is 15.4 Å². The van der Waals surface area contributed by atoms with E-state index in [0.717, 1.165) is 30.8 Å². The molecule has 0 saturated carbocycles. The molecule has 0 aliphatic carbocycles. The van der Waals surface area contributed by atoms with Crippen molar-refractivity contribution in [2.45, 2.75) is 64.8 Å². The standard InChI is InChI=1S/C22H31BrN6O3S/c1-6-32-20(30)16-19(25-14(2)18(23)26-16)28-11-8-22(9-12-28)13-29-15(7-10-24-29)17(22)27-33(31)21(3,4)5/h7,10,17,27H,6,8-9,11-13H2,1-5H3/t17-,33-/m1/s1. The largest absolute Gasteiger partial charge is 0.598 e. The summed E-state index contributed by atoms with van der Waals surface area (Å²) in [7, 11) is 0. The molecule has 1 fully saturated rings. The van der Waals surface area contributed by atoms with Crippen LogP contribution in [-0.4, -0.2) is 54.7 Å². The van der Waals surface area contributed by atoms with Crippen molar-refractivity contribution in [3.63, 3.8) is 0 Å². The van der Waals surface area contributed by atoms with E-state index in [1.807, 2.05) is 38.4 Å². The fourth-order valence-electron chi connectivity index (χ4n) is 4.55. The molecule has 2 aromatic heterocycles. The van der Waals surface area contributed by atoms with Gasteiger partial charge in [-0.3, -0.25) is 4.68 Å². The van der Waals surface area contributed by atoms with Crippen molar-refractivity contribution < 1.29 is 14.1 Å². The van der Waals surface area contributed by atoms with Gasteiger partial charge in [-0.25, -0.2) is 14.8 Å². The highest BCUT2D eigenvalue weighted by Crippen LogP contribution is 2.50. The maximum atomic E-state index is 13.0. The van der Waals surface area contributed by atoms with Crippen molar-refractivity contribution in [1.29, 1.82) is 0 Å². The van der Waals surface area contributed by atoms with Crippen LogP contribution in [0.15, 0.2) is 16.9 Å². The molecule has 0 aromatic carbocycles. The Bertz CT molecular complexity index is 1030. The smallest absolute Gasteiger partial charge is 0.360 e. The lowest BCUT2D eigenvalue weighted by Gasteiger charge is -2.43. The Morgan fingerprint density at radius 3 is 2.70 bits per heavy atom. The summed E-state index contributed by atoms with van der Waals surface area (Å²) >= 11 is 2.18. The highest BCUT2D eigenvalue weighted by atomic mass is 79.9. The summed E-state index contributed by atoms with van der Waals surface area (Å²) in [5, 5.41) is 4.50. The molecule has 0 bridgehead atoms. The predicted molar refractivity (Wildman–Crippen MR) is 130 cm³/mol. The van der Waals surface area contributed by atoms with Gasteiger partial charge in [0.2, 0.25) is 0 Å². The van der Waals surface area contributed by atoms with Gasteiger partial charge in [0.05, 0.1) is 18.0 Å². The number of ether oxygens (including phenoxy) is 1. The average molecular weight is 540 g/mol. The molecule has 4 rings (SSSR count). The molecule has 11 heteroatoms. The van der Waals surface area contributed by atoms with Crippen LogP contribution in [-0.2, 0) is 22.6 Å². The predicted octanol–water partition coefficient (Wildman–Crippen LogP) is 3.31. The van der Waals surface area contributed by atoms with E-state index in [9.17, 15) is 9.35 Å². The summed E-state index contributed by atoms with van der Waals surface area (Å²) in [4.78, 5) is 23.8. The number of anilines is 1. The van der Waals surface area contributed by atoms with E-state index in [1.165, 1.54) is 0 Å². The van der Waals surface area contributed by atoms with E-state index >= 15 is 0 Å². The van der Waals surface area contributed by atoms with E-state index in [2.05, 4.69) is 40.6 Å². The Hall–Kier alpha value is -1.69. The van der Waals surface area contributed by atoms with E-state index in [-0.39, 0.29) is 28.5 Å². The first-order valence-electron chi connectivity index (χ1n) is 11.2. The van der Waals surface area contributed by atoms with Gasteiger partial charge in [-0.1, -0.05) is 0 Å². The van der Waals surface area contributed by atoms with Crippen molar-refractivity contribution in [2.75, 3.05) is 24.6 Å². The zero-order valence-electron chi connectivity index (χ0n) is 19.7. The number of piperidine rings is 1. The minimum atomic E-state index is -1.20. The number of nitrogens with zero attached hydrogens (tertiary/aromatic N) is 5. The van der Waals surface area contributed by atoms with Crippen molar-refractivity contribution in [3.05, 3.63) is 33.9 Å². The number of aromatic nitrogens is 4. The lowest BCUT2D eigenvalue weighted by atomic mass is 9.73. The molecular weight excluding hydrogens is 508 g/mol. The van der Waals surface area contributed by atoms with Gasteiger partial charge in [-0.15, -0.1) is 4.72 Å². The van der Waals surface area contributed by atoms with Crippen molar-refractivity contribution in [1.82, 2.24) is 24.5 Å². The number of carbonyl (C=O) groups is 1. The van der Waals surface area contributed by atoms with Crippen LogP contribution in [0.25, 0.3) is 0 Å². The molecule has 0 amide bonds. The van der Waals surface area contributed by atoms with Crippen LogP contribution >= 0.6 is 15.9 Å². The zero-order chi connectivity index (χ0) is 24.0. The van der Waals surface area contributed by atoms with Crippen LogP contribution < -0.4 is 9.62 Å². The molecule has 2 aliphatic heterocycles. The molecule has 1 spiro atoms. The second-order valence-corrected chi connectivity index (χ2v) is 12.4. The molecule has 33 heavy (non-hydrogen) atoms. The molecule has 1 N–H and O–H groups in total. The molecule has 2 atom stereocenters. The van der Waals surface area contributed by atoms with Crippen LogP contribution in [0.2, 0.25) is 0 Å². The minimum Gasteiger partial charge on any atom is -0.598 e. The highest BCUT2D eigenvalue weighted by molar-refractivity contribution is 9.10. The molecule has 0 radical (unpaired) electrons. The maximum Gasteiger partial charge on any atom is 0.360 e. The highest BCUT2D eigenvalue weighted by Gasteiger charge is 2.51. The van der Waals surface area contributed by atoms with Gasteiger partial charge in [0.15, 0.2) is 11.5 Å². The fourth-order valence-corrected chi connectivity index (χ4v) is 5.75. The SMILES string of the molecule is CCOC(=O)c1nc(Br)c(C)nc1N1CCC2(CC1)Cn1nccc1[C@H]2N[S@+]([O-])C(C)(C)C. The topological polar surface area (TPSA) is 108 Å². The summed E-state index contributed by atoms with van der Waals surface area (Å²) in [6.07, 6.45) is 3.49. The summed E-state index contributed by atoms with van der Waals surface area (Å²) < 4.78 is 23.9. The number of esters is 1. The number of hydrogen-bond donors (Lipinski definition) is 1. The van der Waals surface area contributed by atoms with Gasteiger partial charge < -0.3 is 14.2 Å². The first-order valence-corrected chi connectivity index (χ1v) is 13.2. The van der Waals surface area contributed by atoms with E-state index in [0.29, 0.717) is 23.5 Å². The fraction of sp³-hybridized carbons (Fsp3) is 0.636. The lowest BCUT2D eigenvalue weighted by Crippen LogP contribution is -2.50. The third kappa shape index (κ3) is 4.65. The average Bonchev–Trinajstić information content (AvgIpc) is 3.30. The number of rotatable bonds is 5. The number of carbonyl (C=O) groups excluding carboxylic acids is 1. The van der Waals surface area contributed by atoms with E-state index in [1.54, 1.807) is 13.1 Å². The van der Waals surface area contributed by atoms with Crippen molar-refractivity contribution in [3.8, 4) is 0 Å². The Morgan fingerprint density at radius 2 is 2.06 bits per heavy atom. The molecule has 4 heterocycles. The summed E-state index contributed by atoms with van der Waals surface area (Å²) in [5.74, 6) is 0.0876. The number of nitrogens with one attached hydrogen (secondary N) is 1. The normalized spacial score (nSPS) is 20.7. The second kappa shape index (κ2) is 9.16. The van der Waals surface area contributed by atoms with Gasteiger partial charge in [0, 0.05) is 42.6 Å². The molecule has 2 aromatic rings. The molecule has 180 valence electrons. The van der Waals surface area contributed by atoms with Crippen LogP contribution in [0, 0.1) is 12.3 Å². The quantitative estimate of drug-likeness (QED) is 0.456. The number of fused-ring (bicyclic) bond motifs is 1. The molecule has 1 saturated heterocycles. The first-order chi connectivity index (χ1) is 15.6. The number of hydrogen-bond acceptors (Lipinski definition) is 8. The maximum absolute atomic E-state index is 13.0. The Kier molecular flexibility index (Phi) is 6.78. The number of halogens is 1. The molecule has 2 aliphatic rings. The first kappa shape index (κ1) is 24.4. The molecular formula is C22H31BrN6O3S. The van der Waals surface area contributed by atoms with Crippen LogP contribution in [0.1, 0.15) is 68.5 Å². The second-order valence-electron chi connectivity index (χ2n) is 9.69. The third-order valence-electron chi connectivity index (χ3n) is 6.42. The molecule has 0 unspecified atom stereocenters. The minimum absolute atomic E-state index is 0.0514. The summed E-state index contributed by atoms with van der Waals surface area (Å²) in [5.41, 5.74) is 1.92. The number of aryl methyl sites for hydroxylation is 1. The van der Waals surface area contributed by atoms with Gasteiger partial charge in [0.25, 0.3) is 0 Å². The summed E-state index contributed by atoms with van der Waals surface area (Å²) in [6.45, 7) is 12.0. The van der Waals surface area contributed by atoms with Gasteiger partial charge in [-0.2, -0.15) is 5.10 Å². The molecule has 9 nitrogen and oxygen atoms in total.